The molecule has 1 N–H and O–H groups in total. The Balaban J connectivity index is 1.28. The van der Waals surface area contributed by atoms with Gasteiger partial charge in [-0.1, -0.05) is 24.3 Å². The molecule has 1 aliphatic heterocycles. The minimum absolute atomic E-state index is 0.0903. The average molecular weight is 404 g/mol. The van der Waals surface area contributed by atoms with Crippen molar-refractivity contribution < 1.29 is 9.59 Å². The molecule has 156 valence electrons. The van der Waals surface area contributed by atoms with Gasteiger partial charge in [0.05, 0.1) is 0 Å². The Morgan fingerprint density at radius 3 is 2.53 bits per heavy atom. The minimum atomic E-state index is 0.0903. The second-order valence-electron chi connectivity index (χ2n) is 9.25. The smallest absolute Gasteiger partial charge is 0.253 e. The molecule has 2 aromatic rings. The molecular weight excluding hydrogens is 374 g/mol. The summed E-state index contributed by atoms with van der Waals surface area (Å²) in [4.78, 5) is 31.4. The number of nitrogens with zero attached hydrogens (tertiary/aromatic N) is 2. The normalized spacial score (nSPS) is 22.0. The van der Waals surface area contributed by atoms with Gasteiger partial charge in [-0.25, -0.2) is 0 Å². The van der Waals surface area contributed by atoms with Gasteiger partial charge in [0.1, 0.15) is 0 Å². The van der Waals surface area contributed by atoms with Crippen LogP contribution >= 0.6 is 0 Å². The van der Waals surface area contributed by atoms with Gasteiger partial charge >= 0.3 is 0 Å². The fraction of sp³-hybridized carbons (Fsp3) is 0.480. The third-order valence-corrected chi connectivity index (χ3v) is 7.26. The largest absolute Gasteiger partial charge is 0.356 e. The fourth-order valence-corrected chi connectivity index (χ4v) is 5.37. The van der Waals surface area contributed by atoms with Crippen LogP contribution in [0.15, 0.2) is 48.8 Å². The number of carbonyl (C=O) groups is 2. The summed E-state index contributed by atoms with van der Waals surface area (Å²) in [5.74, 6) is 1.26. The summed E-state index contributed by atoms with van der Waals surface area (Å²) in [5.41, 5.74) is 3.54. The standard InChI is InChI=1S/C25H29N3O2/c29-23(27-17-18-5-6-18)15-20-16-25(22-4-2-1-3-21(20)22)9-13-28(14-10-25)24(30)19-7-11-26-12-8-19/h1-4,7-8,11-12,18,20H,5-6,9-10,13-17H2,(H,27,29)/t20-/m1/s1. The predicted molar refractivity (Wildman–Crippen MR) is 115 cm³/mol. The quantitative estimate of drug-likeness (QED) is 0.829. The number of fused-ring (bicyclic) bond motifs is 2. The zero-order valence-electron chi connectivity index (χ0n) is 17.3. The topological polar surface area (TPSA) is 62.3 Å². The van der Waals surface area contributed by atoms with E-state index >= 15 is 0 Å². The van der Waals surface area contributed by atoms with Crippen LogP contribution < -0.4 is 5.32 Å². The Labute approximate surface area is 177 Å². The number of likely N-dealkylation sites (tertiary alicyclic amines) is 1. The van der Waals surface area contributed by atoms with Crippen molar-refractivity contribution in [2.24, 2.45) is 5.92 Å². The molecule has 3 aliphatic rings. The van der Waals surface area contributed by atoms with Gasteiger partial charge in [-0.15, -0.1) is 0 Å². The SMILES string of the molecule is O=C(C[C@@H]1CC2(CCN(C(=O)c3ccncc3)CC2)c2ccccc21)NCC1CC1. The summed E-state index contributed by atoms with van der Waals surface area (Å²) < 4.78 is 0. The van der Waals surface area contributed by atoms with E-state index in [2.05, 4.69) is 34.6 Å². The lowest BCUT2D eigenvalue weighted by Gasteiger charge is -2.40. The maximum absolute atomic E-state index is 12.8. The zero-order valence-corrected chi connectivity index (χ0v) is 17.3. The van der Waals surface area contributed by atoms with E-state index in [-0.39, 0.29) is 23.1 Å². The molecule has 2 amide bonds. The van der Waals surface area contributed by atoms with Crippen molar-refractivity contribution in [3.63, 3.8) is 0 Å². The van der Waals surface area contributed by atoms with Crippen LogP contribution in [0.1, 0.15) is 65.9 Å². The lowest BCUT2D eigenvalue weighted by molar-refractivity contribution is -0.121. The fourth-order valence-electron chi connectivity index (χ4n) is 5.37. The van der Waals surface area contributed by atoms with Crippen molar-refractivity contribution in [3.05, 3.63) is 65.5 Å². The molecule has 5 heteroatoms. The van der Waals surface area contributed by atoms with Crippen molar-refractivity contribution in [3.8, 4) is 0 Å². The third kappa shape index (κ3) is 3.73. The van der Waals surface area contributed by atoms with Crippen LogP contribution in [0.2, 0.25) is 0 Å². The number of hydrogen-bond donors (Lipinski definition) is 1. The van der Waals surface area contributed by atoms with E-state index in [0.29, 0.717) is 17.9 Å². The number of carbonyl (C=O) groups excluding carboxylic acids is 2. The van der Waals surface area contributed by atoms with Gasteiger partial charge in [0.25, 0.3) is 5.91 Å². The summed E-state index contributed by atoms with van der Waals surface area (Å²) in [5, 5.41) is 3.14. The lowest BCUT2D eigenvalue weighted by Crippen LogP contribution is -2.44. The maximum atomic E-state index is 12.8. The Bertz CT molecular complexity index is 930. The number of hydrogen-bond acceptors (Lipinski definition) is 3. The van der Waals surface area contributed by atoms with Crippen molar-refractivity contribution in [1.29, 1.82) is 0 Å². The minimum Gasteiger partial charge on any atom is -0.356 e. The summed E-state index contributed by atoms with van der Waals surface area (Å²) in [6.45, 7) is 2.36. The number of benzene rings is 1. The number of rotatable bonds is 5. The Kier molecular flexibility index (Phi) is 5.05. The van der Waals surface area contributed by atoms with E-state index in [4.69, 9.17) is 0 Å². The molecule has 1 aromatic heterocycles. The molecule has 1 saturated carbocycles. The molecule has 0 bridgehead atoms. The molecule has 30 heavy (non-hydrogen) atoms. The number of nitrogens with one attached hydrogen (secondary N) is 1. The molecule has 5 nitrogen and oxygen atoms in total. The molecule has 5 rings (SSSR count). The van der Waals surface area contributed by atoms with Gasteiger partial charge in [0.15, 0.2) is 0 Å². The molecule has 0 unspecified atom stereocenters. The van der Waals surface area contributed by atoms with Gasteiger partial charge < -0.3 is 10.2 Å². The Hall–Kier alpha value is -2.69. The molecule has 2 aliphatic carbocycles. The van der Waals surface area contributed by atoms with Crippen LogP contribution in [0.3, 0.4) is 0 Å². The highest BCUT2D eigenvalue weighted by molar-refractivity contribution is 5.94. The first kappa shape index (κ1) is 19.3. The van der Waals surface area contributed by atoms with Gasteiger partial charge in [-0.05, 0) is 72.6 Å². The maximum Gasteiger partial charge on any atom is 0.253 e. The van der Waals surface area contributed by atoms with E-state index in [1.807, 2.05) is 4.90 Å². The number of piperidine rings is 1. The number of aromatic nitrogens is 1. The van der Waals surface area contributed by atoms with E-state index in [0.717, 1.165) is 38.9 Å². The van der Waals surface area contributed by atoms with Crippen molar-refractivity contribution in [2.75, 3.05) is 19.6 Å². The van der Waals surface area contributed by atoms with Crippen LogP contribution in [0.4, 0.5) is 0 Å². The molecule has 1 spiro atoms. The Morgan fingerprint density at radius 1 is 1.07 bits per heavy atom. The summed E-state index contributed by atoms with van der Waals surface area (Å²) in [6, 6.07) is 12.2. The first-order valence-corrected chi connectivity index (χ1v) is 11.2. The second kappa shape index (κ2) is 7.86. The predicted octanol–water partition coefficient (Wildman–Crippen LogP) is 3.66. The van der Waals surface area contributed by atoms with Gasteiger partial charge in [-0.3, -0.25) is 14.6 Å². The molecule has 2 heterocycles. The monoisotopic (exact) mass is 403 g/mol. The van der Waals surface area contributed by atoms with Crippen LogP contribution in [0.5, 0.6) is 0 Å². The van der Waals surface area contributed by atoms with E-state index < -0.39 is 0 Å². The van der Waals surface area contributed by atoms with Crippen LogP contribution in [0.25, 0.3) is 0 Å². The van der Waals surface area contributed by atoms with Crippen LogP contribution in [0, 0.1) is 5.92 Å². The number of amides is 2. The molecule has 1 aromatic carbocycles. The molecule has 1 atom stereocenters. The zero-order chi connectivity index (χ0) is 20.6. The molecular formula is C25H29N3O2. The van der Waals surface area contributed by atoms with E-state index in [9.17, 15) is 9.59 Å². The first-order chi connectivity index (χ1) is 14.6. The van der Waals surface area contributed by atoms with Crippen molar-refractivity contribution in [2.45, 2.75) is 49.9 Å². The number of pyridine rings is 1. The highest BCUT2D eigenvalue weighted by atomic mass is 16.2. The Morgan fingerprint density at radius 2 is 1.80 bits per heavy atom. The van der Waals surface area contributed by atoms with Gasteiger partial charge in [0.2, 0.25) is 5.91 Å². The van der Waals surface area contributed by atoms with Gasteiger partial charge in [-0.2, -0.15) is 0 Å². The second-order valence-corrected chi connectivity index (χ2v) is 9.25. The van der Waals surface area contributed by atoms with Crippen LogP contribution in [-0.4, -0.2) is 41.3 Å². The molecule has 0 radical (unpaired) electrons. The van der Waals surface area contributed by atoms with E-state index in [1.54, 1.807) is 24.5 Å². The lowest BCUT2D eigenvalue weighted by atomic mass is 9.73. The first-order valence-electron chi connectivity index (χ1n) is 11.2. The average Bonchev–Trinajstić information content (AvgIpc) is 3.58. The highest BCUT2D eigenvalue weighted by Crippen LogP contribution is 2.52. The third-order valence-electron chi connectivity index (χ3n) is 7.26. The van der Waals surface area contributed by atoms with E-state index in [1.165, 1.54) is 24.0 Å². The highest BCUT2D eigenvalue weighted by Gasteiger charge is 2.46. The summed E-state index contributed by atoms with van der Waals surface area (Å²) in [6.07, 6.45) is 9.36. The summed E-state index contributed by atoms with van der Waals surface area (Å²) >= 11 is 0. The summed E-state index contributed by atoms with van der Waals surface area (Å²) in [7, 11) is 0. The van der Waals surface area contributed by atoms with Crippen molar-refractivity contribution >= 4 is 11.8 Å². The van der Waals surface area contributed by atoms with Crippen molar-refractivity contribution in [1.82, 2.24) is 15.2 Å². The van der Waals surface area contributed by atoms with Gasteiger partial charge in [0, 0.05) is 44.0 Å². The van der Waals surface area contributed by atoms with Crippen LogP contribution in [-0.2, 0) is 10.2 Å². The molecule has 2 fully saturated rings. The molecule has 1 saturated heterocycles.